The van der Waals surface area contributed by atoms with Crippen LogP contribution in [0.25, 0.3) is 0 Å². The van der Waals surface area contributed by atoms with Crippen LogP contribution < -0.4 is 10.6 Å². The molecular formula is C11H10BrF3N2O3. The number of carbonyl (C=O) groups excluding carboxylic acids is 1. The number of carboxylic acids is 1. The van der Waals surface area contributed by atoms with Crippen LogP contribution in [0.2, 0.25) is 0 Å². The van der Waals surface area contributed by atoms with Gasteiger partial charge >= 0.3 is 18.2 Å². The van der Waals surface area contributed by atoms with E-state index in [0.29, 0.717) is 0 Å². The van der Waals surface area contributed by atoms with E-state index in [2.05, 4.69) is 26.6 Å². The average molecular weight is 355 g/mol. The van der Waals surface area contributed by atoms with Gasteiger partial charge in [-0.05, 0) is 34.1 Å². The highest BCUT2D eigenvalue weighted by atomic mass is 79.9. The normalized spacial score (nSPS) is 11.0. The highest BCUT2D eigenvalue weighted by Gasteiger charge is 2.30. The Balaban J connectivity index is 2.65. The van der Waals surface area contributed by atoms with E-state index in [1.807, 2.05) is 0 Å². The van der Waals surface area contributed by atoms with Crippen LogP contribution in [0, 0.1) is 0 Å². The number of carbonyl (C=O) groups is 2. The fourth-order valence-corrected chi connectivity index (χ4v) is 1.72. The molecule has 0 radical (unpaired) electrons. The molecule has 0 fully saturated rings. The van der Waals surface area contributed by atoms with Crippen LogP contribution in [0.5, 0.6) is 0 Å². The van der Waals surface area contributed by atoms with Crippen molar-refractivity contribution in [3.8, 4) is 0 Å². The molecule has 0 atom stereocenters. The second-order valence-electron chi connectivity index (χ2n) is 3.72. The number of urea groups is 1. The Kier molecular flexibility index (Phi) is 5.37. The lowest BCUT2D eigenvalue weighted by Gasteiger charge is -2.11. The molecule has 1 rings (SSSR count). The van der Waals surface area contributed by atoms with Gasteiger partial charge in [0, 0.05) is 11.0 Å². The molecule has 110 valence electrons. The van der Waals surface area contributed by atoms with Gasteiger partial charge < -0.3 is 15.7 Å². The molecule has 3 N–H and O–H groups in total. The first-order valence-corrected chi connectivity index (χ1v) is 6.13. The Morgan fingerprint density at radius 3 is 2.45 bits per heavy atom. The zero-order valence-electron chi connectivity index (χ0n) is 9.92. The first-order chi connectivity index (χ1) is 9.20. The van der Waals surface area contributed by atoms with Crippen molar-refractivity contribution in [2.24, 2.45) is 0 Å². The fraction of sp³-hybridized carbons (Fsp3) is 0.273. The predicted octanol–water partition coefficient (Wildman–Crippen LogP) is 3.06. The molecule has 0 aliphatic rings. The summed E-state index contributed by atoms with van der Waals surface area (Å²) in [4.78, 5) is 21.6. The molecule has 0 bridgehead atoms. The number of halogens is 4. The molecular weight excluding hydrogens is 345 g/mol. The molecule has 0 saturated heterocycles. The van der Waals surface area contributed by atoms with Crippen molar-refractivity contribution in [1.82, 2.24) is 5.32 Å². The molecule has 0 aliphatic heterocycles. The lowest BCUT2D eigenvalue weighted by atomic mass is 10.2. The van der Waals surface area contributed by atoms with Crippen LogP contribution in [-0.4, -0.2) is 23.7 Å². The summed E-state index contributed by atoms with van der Waals surface area (Å²) in [7, 11) is 0. The topological polar surface area (TPSA) is 78.4 Å². The molecule has 2 amide bonds. The number of rotatable bonds is 4. The average Bonchev–Trinajstić information content (AvgIpc) is 2.29. The summed E-state index contributed by atoms with van der Waals surface area (Å²) in [6, 6.07) is 2.07. The molecule has 0 aliphatic carbocycles. The first-order valence-electron chi connectivity index (χ1n) is 5.33. The van der Waals surface area contributed by atoms with Crippen LogP contribution >= 0.6 is 15.9 Å². The first kappa shape index (κ1) is 16.3. The third-order valence-corrected chi connectivity index (χ3v) is 2.83. The Labute approximate surface area is 120 Å². The second-order valence-corrected chi connectivity index (χ2v) is 4.57. The van der Waals surface area contributed by atoms with Crippen molar-refractivity contribution in [2.75, 3.05) is 11.9 Å². The second kappa shape index (κ2) is 6.60. The lowest BCUT2D eigenvalue weighted by molar-refractivity contribution is -0.138. The van der Waals surface area contributed by atoms with Gasteiger partial charge in [-0.15, -0.1) is 0 Å². The van der Waals surface area contributed by atoms with Crippen molar-refractivity contribution < 1.29 is 27.9 Å². The highest BCUT2D eigenvalue weighted by molar-refractivity contribution is 9.10. The summed E-state index contributed by atoms with van der Waals surface area (Å²) in [5, 5.41) is 12.9. The maximum Gasteiger partial charge on any atom is 0.416 e. The number of alkyl halides is 3. The van der Waals surface area contributed by atoms with Crippen LogP contribution in [0.1, 0.15) is 12.0 Å². The maximum absolute atomic E-state index is 12.4. The molecule has 0 heterocycles. The highest BCUT2D eigenvalue weighted by Crippen LogP contribution is 2.33. The number of anilines is 1. The molecule has 1 aromatic carbocycles. The third kappa shape index (κ3) is 5.08. The summed E-state index contributed by atoms with van der Waals surface area (Å²) in [5.74, 6) is -1.07. The third-order valence-electron chi connectivity index (χ3n) is 2.17. The van der Waals surface area contributed by atoms with Crippen molar-refractivity contribution >= 4 is 33.6 Å². The van der Waals surface area contributed by atoms with Gasteiger partial charge in [-0.2, -0.15) is 13.2 Å². The van der Waals surface area contributed by atoms with E-state index in [1.54, 1.807) is 0 Å². The molecule has 1 aromatic rings. The minimum atomic E-state index is -4.47. The van der Waals surface area contributed by atoms with Crippen molar-refractivity contribution in [1.29, 1.82) is 0 Å². The van der Waals surface area contributed by atoms with E-state index in [1.165, 1.54) is 0 Å². The van der Waals surface area contributed by atoms with Gasteiger partial charge in [0.2, 0.25) is 0 Å². The zero-order chi connectivity index (χ0) is 15.3. The van der Waals surface area contributed by atoms with Crippen LogP contribution in [0.4, 0.5) is 23.7 Å². The van der Waals surface area contributed by atoms with Gasteiger partial charge in [0.15, 0.2) is 0 Å². The van der Waals surface area contributed by atoms with Gasteiger partial charge in [0.1, 0.15) is 0 Å². The predicted molar refractivity (Wildman–Crippen MR) is 68.4 cm³/mol. The molecule has 0 aromatic heterocycles. The smallest absolute Gasteiger partial charge is 0.416 e. The largest absolute Gasteiger partial charge is 0.481 e. The van der Waals surface area contributed by atoms with E-state index >= 15 is 0 Å². The van der Waals surface area contributed by atoms with Gasteiger partial charge in [0.25, 0.3) is 0 Å². The Hall–Kier alpha value is -1.77. The summed E-state index contributed by atoms with van der Waals surface area (Å²) in [6.45, 7) is -0.0839. The molecule has 9 heteroatoms. The standard InChI is InChI=1S/C11H10BrF3N2O3/c12-7-5-6(11(13,14)15)1-2-8(7)17-10(20)16-4-3-9(18)19/h1-2,5H,3-4H2,(H,18,19)(H2,16,17,20). The van der Waals surface area contributed by atoms with E-state index in [9.17, 15) is 22.8 Å². The van der Waals surface area contributed by atoms with Gasteiger partial charge in [-0.3, -0.25) is 4.79 Å². The van der Waals surface area contributed by atoms with Gasteiger partial charge in [-0.1, -0.05) is 0 Å². The van der Waals surface area contributed by atoms with E-state index < -0.39 is 23.7 Å². The molecule has 0 spiro atoms. The minimum Gasteiger partial charge on any atom is -0.481 e. The number of benzene rings is 1. The molecule has 0 unspecified atom stereocenters. The Morgan fingerprint density at radius 1 is 1.30 bits per heavy atom. The summed E-state index contributed by atoms with van der Waals surface area (Å²) >= 11 is 2.92. The van der Waals surface area contributed by atoms with Crippen LogP contribution in [-0.2, 0) is 11.0 Å². The minimum absolute atomic E-state index is 0.0701. The fourth-order valence-electron chi connectivity index (χ4n) is 1.24. The van der Waals surface area contributed by atoms with E-state index in [4.69, 9.17) is 5.11 Å². The number of hydrogen-bond donors (Lipinski definition) is 3. The Morgan fingerprint density at radius 2 is 1.95 bits per heavy atom. The lowest BCUT2D eigenvalue weighted by Crippen LogP contribution is -2.30. The number of hydrogen-bond acceptors (Lipinski definition) is 2. The number of nitrogens with one attached hydrogen (secondary N) is 2. The summed E-state index contributed by atoms with van der Waals surface area (Å²) < 4.78 is 37.4. The van der Waals surface area contributed by atoms with Crippen LogP contribution in [0.3, 0.4) is 0 Å². The van der Waals surface area contributed by atoms with Crippen LogP contribution in [0.15, 0.2) is 22.7 Å². The van der Waals surface area contributed by atoms with Gasteiger partial charge in [0.05, 0.1) is 17.7 Å². The van der Waals surface area contributed by atoms with E-state index in [0.717, 1.165) is 18.2 Å². The van der Waals surface area contributed by atoms with E-state index in [-0.39, 0.29) is 23.1 Å². The molecule has 5 nitrogen and oxygen atoms in total. The number of carboxylic acid groups (broad SMARTS) is 1. The van der Waals surface area contributed by atoms with Crippen molar-refractivity contribution in [2.45, 2.75) is 12.6 Å². The monoisotopic (exact) mass is 354 g/mol. The summed E-state index contributed by atoms with van der Waals surface area (Å²) in [6.07, 6.45) is -4.72. The van der Waals surface area contributed by atoms with Crippen molar-refractivity contribution in [3.63, 3.8) is 0 Å². The Bertz CT molecular complexity index is 520. The SMILES string of the molecule is O=C(O)CCNC(=O)Nc1ccc(C(F)(F)F)cc1Br. The number of aliphatic carboxylic acids is 1. The van der Waals surface area contributed by atoms with Crippen molar-refractivity contribution in [3.05, 3.63) is 28.2 Å². The zero-order valence-corrected chi connectivity index (χ0v) is 11.5. The number of amides is 2. The van der Waals surface area contributed by atoms with Gasteiger partial charge in [-0.25, -0.2) is 4.79 Å². The quantitative estimate of drug-likeness (QED) is 0.777. The molecule has 20 heavy (non-hydrogen) atoms. The maximum atomic E-state index is 12.4. The summed E-state index contributed by atoms with van der Waals surface area (Å²) in [5.41, 5.74) is -0.702. The molecule has 0 saturated carbocycles.